The van der Waals surface area contributed by atoms with Crippen molar-refractivity contribution in [3.05, 3.63) is 35.9 Å². The second-order valence-electron chi connectivity index (χ2n) is 6.95. The van der Waals surface area contributed by atoms with Gasteiger partial charge in [0.2, 0.25) is 17.7 Å². The molecule has 164 valence electrons. The van der Waals surface area contributed by atoms with E-state index in [1.54, 1.807) is 25.9 Å². The van der Waals surface area contributed by atoms with E-state index in [2.05, 4.69) is 5.32 Å². The number of likely N-dealkylation sites (tertiary alicyclic amines) is 1. The third-order valence-electron chi connectivity index (χ3n) is 4.41. The maximum Gasteiger partial charge on any atom is 0.303 e. The van der Waals surface area contributed by atoms with Crippen LogP contribution in [-0.2, 0) is 30.5 Å². The number of aliphatic carboxylic acids is 2. The van der Waals surface area contributed by atoms with Gasteiger partial charge in [-0.15, -0.1) is 0 Å². The van der Waals surface area contributed by atoms with E-state index in [0.717, 1.165) is 10.5 Å². The number of hydrogen-bond donors (Lipinski definition) is 3. The first-order valence-corrected chi connectivity index (χ1v) is 9.32. The van der Waals surface area contributed by atoms with Crippen molar-refractivity contribution in [3.8, 4) is 0 Å². The van der Waals surface area contributed by atoms with Gasteiger partial charge in [0, 0.05) is 6.54 Å². The molecule has 0 saturated carbocycles. The minimum Gasteiger partial charge on any atom is -0.481 e. The number of carboxylic acid groups (broad SMARTS) is 2. The van der Waals surface area contributed by atoms with Crippen molar-refractivity contribution in [1.29, 1.82) is 0 Å². The van der Waals surface area contributed by atoms with Crippen LogP contribution in [0.3, 0.4) is 0 Å². The van der Waals surface area contributed by atoms with Crippen LogP contribution in [0.2, 0.25) is 0 Å². The van der Waals surface area contributed by atoms with Gasteiger partial charge >= 0.3 is 11.9 Å². The number of carbonyl (C=O) groups is 5. The Labute approximate surface area is 174 Å². The van der Waals surface area contributed by atoms with E-state index in [1.165, 1.54) is 0 Å². The van der Waals surface area contributed by atoms with Gasteiger partial charge in [0.25, 0.3) is 0 Å². The van der Waals surface area contributed by atoms with Crippen molar-refractivity contribution in [2.24, 2.45) is 0 Å². The van der Waals surface area contributed by atoms with E-state index in [0.29, 0.717) is 6.54 Å². The average molecular weight is 421 g/mol. The van der Waals surface area contributed by atoms with Crippen LogP contribution in [0, 0.1) is 0 Å². The summed E-state index contributed by atoms with van der Waals surface area (Å²) in [6.07, 6.45) is -0.465. The molecule has 0 spiro atoms. The van der Waals surface area contributed by atoms with Crippen LogP contribution in [0.4, 0.5) is 0 Å². The van der Waals surface area contributed by atoms with Crippen LogP contribution in [0.5, 0.6) is 0 Å². The molecule has 1 heterocycles. The molecule has 2 atom stereocenters. The average Bonchev–Trinajstić information content (AvgIpc) is 2.99. The van der Waals surface area contributed by atoms with E-state index >= 15 is 0 Å². The normalized spacial score (nSPS) is 16.7. The lowest BCUT2D eigenvalue weighted by atomic mass is 10.2. The van der Waals surface area contributed by atoms with Gasteiger partial charge < -0.3 is 15.5 Å². The highest BCUT2D eigenvalue weighted by Crippen LogP contribution is 2.19. The zero-order valence-corrected chi connectivity index (χ0v) is 17.2. The zero-order valence-electron chi connectivity index (χ0n) is 17.2. The van der Waals surface area contributed by atoms with Gasteiger partial charge in [-0.1, -0.05) is 30.3 Å². The van der Waals surface area contributed by atoms with E-state index < -0.39 is 24.0 Å². The summed E-state index contributed by atoms with van der Waals surface area (Å²) in [6, 6.07) is 8.21. The van der Waals surface area contributed by atoms with Crippen molar-refractivity contribution >= 4 is 29.7 Å². The Morgan fingerprint density at radius 2 is 1.63 bits per heavy atom. The molecule has 3 amide bonds. The Kier molecular flexibility index (Phi) is 9.63. The lowest BCUT2D eigenvalue weighted by Gasteiger charge is -2.23. The number of nitrogens with zero attached hydrogens (tertiary/aromatic N) is 2. The summed E-state index contributed by atoms with van der Waals surface area (Å²) < 4.78 is 0. The molecule has 1 aromatic rings. The van der Waals surface area contributed by atoms with Crippen LogP contribution in [0.1, 0.15) is 31.7 Å². The summed E-state index contributed by atoms with van der Waals surface area (Å²) in [5.41, 5.74) is 0.966. The molecule has 3 N–H and O–H groups in total. The SMILES string of the molecule is CC(C(=O)NCc1ccccc1)N1C(=O)CC(N(C)C)C1=O.O=C(O)CCC(=O)O. The third-order valence-corrected chi connectivity index (χ3v) is 4.41. The fraction of sp³-hybridized carbons (Fsp3) is 0.450. The molecule has 0 aliphatic carbocycles. The number of likely N-dealkylation sites (N-methyl/N-ethyl adjacent to an activating group) is 1. The largest absolute Gasteiger partial charge is 0.481 e. The molecule has 1 aliphatic heterocycles. The summed E-state index contributed by atoms with van der Waals surface area (Å²) in [4.78, 5) is 58.5. The monoisotopic (exact) mass is 421 g/mol. The summed E-state index contributed by atoms with van der Waals surface area (Å²) in [7, 11) is 3.50. The highest BCUT2D eigenvalue weighted by molar-refractivity contribution is 6.08. The Morgan fingerprint density at radius 3 is 2.07 bits per heavy atom. The number of carbonyl (C=O) groups excluding carboxylic acids is 3. The standard InChI is InChI=1S/C16H21N3O3.C4H6O4/c1-11(15(21)17-10-12-7-5-4-6-8-12)19-14(20)9-13(16(19)22)18(2)3;5-3(6)1-2-4(7)8/h4-8,11,13H,9-10H2,1-3H3,(H,17,21);1-2H2,(H,5,6)(H,7,8). The summed E-state index contributed by atoms with van der Waals surface area (Å²) in [5.74, 6) is -3.09. The fourth-order valence-corrected chi connectivity index (χ4v) is 2.71. The van der Waals surface area contributed by atoms with Crippen LogP contribution in [-0.4, -0.2) is 75.9 Å². The van der Waals surface area contributed by atoms with E-state index in [1.807, 2.05) is 30.3 Å². The molecule has 10 heteroatoms. The predicted molar refractivity (Wildman–Crippen MR) is 106 cm³/mol. The first-order valence-electron chi connectivity index (χ1n) is 9.32. The molecule has 30 heavy (non-hydrogen) atoms. The van der Waals surface area contributed by atoms with Crippen molar-refractivity contribution in [3.63, 3.8) is 0 Å². The van der Waals surface area contributed by atoms with Crippen molar-refractivity contribution < 1.29 is 34.2 Å². The van der Waals surface area contributed by atoms with Gasteiger partial charge in [-0.3, -0.25) is 33.8 Å². The number of benzene rings is 1. The van der Waals surface area contributed by atoms with Gasteiger partial charge in [0.15, 0.2) is 0 Å². The zero-order chi connectivity index (χ0) is 22.8. The Bertz CT molecular complexity index is 766. The highest BCUT2D eigenvalue weighted by Gasteiger charge is 2.43. The number of carboxylic acids is 2. The van der Waals surface area contributed by atoms with Crippen molar-refractivity contribution in [2.45, 2.75) is 44.8 Å². The minimum atomic E-state index is -1.08. The summed E-state index contributed by atoms with van der Waals surface area (Å²) in [5, 5.41) is 18.6. The van der Waals surface area contributed by atoms with E-state index in [9.17, 15) is 24.0 Å². The van der Waals surface area contributed by atoms with E-state index in [-0.39, 0.29) is 37.0 Å². The van der Waals surface area contributed by atoms with Crippen LogP contribution in [0.25, 0.3) is 0 Å². The lowest BCUT2D eigenvalue weighted by Crippen LogP contribution is -2.49. The Balaban J connectivity index is 0.000000479. The van der Waals surface area contributed by atoms with Crippen molar-refractivity contribution in [2.75, 3.05) is 14.1 Å². The maximum atomic E-state index is 12.3. The van der Waals surface area contributed by atoms with Crippen LogP contribution >= 0.6 is 0 Å². The molecular formula is C20H27N3O7. The lowest BCUT2D eigenvalue weighted by molar-refractivity contribution is -0.147. The molecule has 2 rings (SSSR count). The van der Waals surface area contributed by atoms with Gasteiger partial charge in [-0.25, -0.2) is 0 Å². The molecule has 1 saturated heterocycles. The van der Waals surface area contributed by atoms with Crippen LogP contribution < -0.4 is 5.32 Å². The minimum absolute atomic E-state index is 0.127. The van der Waals surface area contributed by atoms with Gasteiger partial charge in [-0.2, -0.15) is 0 Å². The topological polar surface area (TPSA) is 144 Å². The Hall–Kier alpha value is -3.27. The molecule has 2 unspecified atom stereocenters. The smallest absolute Gasteiger partial charge is 0.303 e. The third kappa shape index (κ3) is 7.63. The van der Waals surface area contributed by atoms with Crippen molar-refractivity contribution in [1.82, 2.24) is 15.1 Å². The summed E-state index contributed by atoms with van der Waals surface area (Å²) in [6.45, 7) is 1.95. The fourth-order valence-electron chi connectivity index (χ4n) is 2.71. The molecular weight excluding hydrogens is 394 g/mol. The van der Waals surface area contributed by atoms with Gasteiger partial charge in [0.1, 0.15) is 6.04 Å². The molecule has 0 aromatic heterocycles. The number of nitrogens with one attached hydrogen (secondary N) is 1. The number of rotatable bonds is 8. The molecule has 1 fully saturated rings. The van der Waals surface area contributed by atoms with E-state index in [4.69, 9.17) is 10.2 Å². The number of imide groups is 1. The number of hydrogen-bond acceptors (Lipinski definition) is 6. The first kappa shape index (κ1) is 24.8. The van der Waals surface area contributed by atoms with Crippen LogP contribution in [0.15, 0.2) is 30.3 Å². The number of amides is 3. The Morgan fingerprint density at radius 1 is 1.10 bits per heavy atom. The van der Waals surface area contributed by atoms with Gasteiger partial charge in [0.05, 0.1) is 25.3 Å². The maximum absolute atomic E-state index is 12.3. The second-order valence-corrected chi connectivity index (χ2v) is 6.95. The second kappa shape index (κ2) is 11.7. The predicted octanol–water partition coefficient (Wildman–Crippen LogP) is 0.316. The molecule has 10 nitrogen and oxygen atoms in total. The molecule has 1 aliphatic rings. The first-order chi connectivity index (χ1) is 14.0. The van der Waals surface area contributed by atoms with Gasteiger partial charge in [-0.05, 0) is 26.6 Å². The molecule has 0 bridgehead atoms. The molecule has 0 radical (unpaired) electrons. The molecule has 1 aromatic carbocycles. The quantitative estimate of drug-likeness (QED) is 0.509. The summed E-state index contributed by atoms with van der Waals surface area (Å²) >= 11 is 0. The highest BCUT2D eigenvalue weighted by atomic mass is 16.4.